The number of carbonyl (C=O) groups excluding carboxylic acids is 1. The van der Waals surface area contributed by atoms with Crippen LogP contribution in [0.2, 0.25) is 5.02 Å². The van der Waals surface area contributed by atoms with E-state index in [1.165, 1.54) is 0 Å². The zero-order chi connectivity index (χ0) is 16.1. The van der Waals surface area contributed by atoms with Gasteiger partial charge in [0.15, 0.2) is 0 Å². The largest absolute Gasteiger partial charge is 0.489 e. The molecule has 4 N–H and O–H groups in total. The van der Waals surface area contributed by atoms with Crippen molar-refractivity contribution in [1.29, 1.82) is 0 Å². The van der Waals surface area contributed by atoms with E-state index in [1.807, 2.05) is 13.0 Å². The molecule has 0 saturated carbocycles. The van der Waals surface area contributed by atoms with E-state index in [1.54, 1.807) is 6.07 Å². The number of likely N-dealkylation sites (tertiary alicyclic amines) is 1. The van der Waals surface area contributed by atoms with Crippen LogP contribution < -0.4 is 16.2 Å². The van der Waals surface area contributed by atoms with Gasteiger partial charge in [0.25, 0.3) is 5.91 Å². The molecular weight excluding hydrogens is 302 g/mol. The molecular formula is C16H24ClN3O2. The van der Waals surface area contributed by atoms with Gasteiger partial charge in [-0.1, -0.05) is 17.7 Å². The molecule has 1 fully saturated rings. The first-order chi connectivity index (χ1) is 10.5. The van der Waals surface area contributed by atoms with Crippen LogP contribution >= 0.6 is 11.6 Å². The van der Waals surface area contributed by atoms with Crippen LogP contribution in [0, 0.1) is 6.92 Å². The lowest BCUT2D eigenvalue weighted by molar-refractivity contribution is 0.0935. The van der Waals surface area contributed by atoms with Crippen molar-refractivity contribution in [3.05, 3.63) is 28.3 Å². The highest BCUT2D eigenvalue weighted by molar-refractivity contribution is 6.35. The topological polar surface area (TPSA) is 81.6 Å². The van der Waals surface area contributed by atoms with Crippen LogP contribution in [0.4, 0.5) is 0 Å². The van der Waals surface area contributed by atoms with Gasteiger partial charge >= 0.3 is 0 Å². The van der Waals surface area contributed by atoms with Crippen LogP contribution in [0.5, 0.6) is 5.75 Å². The molecule has 1 saturated heterocycles. The number of ether oxygens (including phenoxy) is 1. The maximum absolute atomic E-state index is 11.6. The molecule has 1 heterocycles. The van der Waals surface area contributed by atoms with Crippen molar-refractivity contribution in [3.8, 4) is 5.75 Å². The monoisotopic (exact) mass is 325 g/mol. The predicted octanol–water partition coefficient (Wildman–Crippen LogP) is 1.94. The summed E-state index contributed by atoms with van der Waals surface area (Å²) in [6.45, 7) is 5.56. The Kier molecular flexibility index (Phi) is 6.06. The SMILES string of the molecule is Cc1ccc(OC2CCN(CCCN)CC2)c(C(N)=O)c1Cl. The number of amides is 1. The van der Waals surface area contributed by atoms with Crippen molar-refractivity contribution in [2.45, 2.75) is 32.3 Å². The molecule has 1 amide bonds. The number of primary amides is 1. The van der Waals surface area contributed by atoms with Crippen molar-refractivity contribution in [3.63, 3.8) is 0 Å². The van der Waals surface area contributed by atoms with Gasteiger partial charge in [-0.25, -0.2) is 0 Å². The summed E-state index contributed by atoms with van der Waals surface area (Å²) >= 11 is 6.19. The van der Waals surface area contributed by atoms with Crippen molar-refractivity contribution >= 4 is 17.5 Å². The third-order valence-corrected chi connectivity index (χ3v) is 4.54. The van der Waals surface area contributed by atoms with Crippen molar-refractivity contribution < 1.29 is 9.53 Å². The molecule has 6 heteroatoms. The second-order valence-corrected chi connectivity index (χ2v) is 6.11. The molecule has 1 aromatic carbocycles. The lowest BCUT2D eigenvalue weighted by Gasteiger charge is -2.32. The second kappa shape index (κ2) is 7.81. The number of hydrogen-bond donors (Lipinski definition) is 2. The average Bonchev–Trinajstić information content (AvgIpc) is 2.50. The third-order valence-electron chi connectivity index (χ3n) is 4.05. The molecule has 122 valence electrons. The standard InChI is InChI=1S/C16H24ClN3O2/c1-11-3-4-13(14(15(11)17)16(19)21)22-12-5-9-20(10-6-12)8-2-7-18/h3-4,12H,2,5-10,18H2,1H3,(H2,19,21). The third kappa shape index (κ3) is 4.12. The Hall–Kier alpha value is -1.30. The number of nitrogens with two attached hydrogens (primary N) is 2. The minimum Gasteiger partial charge on any atom is -0.489 e. The Labute approximate surface area is 136 Å². The normalized spacial score (nSPS) is 16.7. The molecule has 22 heavy (non-hydrogen) atoms. The quantitative estimate of drug-likeness (QED) is 0.837. The molecule has 0 atom stereocenters. The molecule has 0 aliphatic carbocycles. The molecule has 0 aromatic heterocycles. The number of aryl methyl sites for hydroxylation is 1. The zero-order valence-corrected chi connectivity index (χ0v) is 13.7. The smallest absolute Gasteiger partial charge is 0.254 e. The van der Waals surface area contributed by atoms with E-state index in [9.17, 15) is 4.79 Å². The number of piperidine rings is 1. The molecule has 1 aliphatic heterocycles. The Balaban J connectivity index is 2.01. The average molecular weight is 326 g/mol. The van der Waals surface area contributed by atoms with Crippen molar-refractivity contribution in [2.75, 3.05) is 26.2 Å². The van der Waals surface area contributed by atoms with Crippen molar-refractivity contribution in [1.82, 2.24) is 4.90 Å². The van der Waals surface area contributed by atoms with E-state index in [2.05, 4.69) is 4.90 Å². The highest BCUT2D eigenvalue weighted by Crippen LogP contribution is 2.31. The fourth-order valence-electron chi connectivity index (χ4n) is 2.74. The first-order valence-electron chi connectivity index (χ1n) is 7.71. The molecule has 0 spiro atoms. The highest BCUT2D eigenvalue weighted by Gasteiger charge is 2.23. The van der Waals surface area contributed by atoms with Crippen LogP contribution in [-0.2, 0) is 0 Å². The van der Waals surface area contributed by atoms with Gasteiger partial charge in [0.2, 0.25) is 0 Å². The minimum absolute atomic E-state index is 0.0889. The van der Waals surface area contributed by atoms with Gasteiger partial charge in [-0.05, 0) is 50.9 Å². The van der Waals surface area contributed by atoms with E-state index in [4.69, 9.17) is 27.8 Å². The summed E-state index contributed by atoms with van der Waals surface area (Å²) < 4.78 is 6.00. The Bertz CT molecular complexity index is 528. The van der Waals surface area contributed by atoms with Gasteiger partial charge < -0.3 is 21.1 Å². The maximum Gasteiger partial charge on any atom is 0.254 e. The van der Waals surface area contributed by atoms with Gasteiger partial charge in [0.1, 0.15) is 11.9 Å². The van der Waals surface area contributed by atoms with Crippen LogP contribution in [0.3, 0.4) is 0 Å². The van der Waals surface area contributed by atoms with E-state index >= 15 is 0 Å². The molecule has 2 rings (SSSR count). The van der Waals surface area contributed by atoms with E-state index in [0.717, 1.165) is 51.0 Å². The predicted molar refractivity (Wildman–Crippen MR) is 88.5 cm³/mol. The fraction of sp³-hybridized carbons (Fsp3) is 0.562. The van der Waals surface area contributed by atoms with Crippen LogP contribution in [0.1, 0.15) is 35.2 Å². The molecule has 1 aromatic rings. The zero-order valence-electron chi connectivity index (χ0n) is 13.0. The summed E-state index contributed by atoms with van der Waals surface area (Å²) in [7, 11) is 0. The Morgan fingerprint density at radius 1 is 1.41 bits per heavy atom. The van der Waals surface area contributed by atoms with E-state index < -0.39 is 5.91 Å². The first kappa shape index (κ1) is 17.1. The second-order valence-electron chi connectivity index (χ2n) is 5.73. The summed E-state index contributed by atoms with van der Waals surface area (Å²) in [5.41, 5.74) is 12.1. The van der Waals surface area contributed by atoms with E-state index in [0.29, 0.717) is 10.8 Å². The van der Waals surface area contributed by atoms with Crippen LogP contribution in [-0.4, -0.2) is 43.1 Å². The number of nitrogens with zero attached hydrogens (tertiary/aromatic N) is 1. The first-order valence-corrected chi connectivity index (χ1v) is 8.08. The van der Waals surface area contributed by atoms with Crippen LogP contribution in [0.15, 0.2) is 12.1 Å². The van der Waals surface area contributed by atoms with Gasteiger partial charge in [-0.3, -0.25) is 4.79 Å². The van der Waals surface area contributed by atoms with Gasteiger partial charge in [0.05, 0.1) is 10.6 Å². The Morgan fingerprint density at radius 2 is 2.09 bits per heavy atom. The number of carbonyl (C=O) groups is 1. The number of benzene rings is 1. The molecule has 0 bridgehead atoms. The van der Waals surface area contributed by atoms with Gasteiger partial charge in [0, 0.05) is 13.1 Å². The molecule has 0 radical (unpaired) electrons. The van der Waals surface area contributed by atoms with E-state index in [-0.39, 0.29) is 11.7 Å². The van der Waals surface area contributed by atoms with Crippen molar-refractivity contribution in [2.24, 2.45) is 11.5 Å². The summed E-state index contributed by atoms with van der Waals surface area (Å²) in [5.74, 6) is -0.0624. The van der Waals surface area contributed by atoms with Gasteiger partial charge in [-0.2, -0.15) is 0 Å². The molecule has 0 unspecified atom stereocenters. The lowest BCUT2D eigenvalue weighted by Crippen LogP contribution is -2.39. The summed E-state index contributed by atoms with van der Waals surface area (Å²) in [4.78, 5) is 14.0. The van der Waals surface area contributed by atoms with Gasteiger partial charge in [-0.15, -0.1) is 0 Å². The summed E-state index contributed by atoms with van der Waals surface area (Å²) in [5, 5.41) is 0.380. The minimum atomic E-state index is -0.552. The highest BCUT2D eigenvalue weighted by atomic mass is 35.5. The lowest BCUT2D eigenvalue weighted by atomic mass is 10.1. The summed E-state index contributed by atoms with van der Waals surface area (Å²) in [6, 6.07) is 3.63. The fourth-order valence-corrected chi connectivity index (χ4v) is 2.98. The molecule has 5 nitrogen and oxygen atoms in total. The number of halogens is 1. The Morgan fingerprint density at radius 3 is 2.68 bits per heavy atom. The van der Waals surface area contributed by atoms with Crippen LogP contribution in [0.25, 0.3) is 0 Å². The molecule has 1 aliphatic rings. The number of rotatable bonds is 6. The number of hydrogen-bond acceptors (Lipinski definition) is 4. The maximum atomic E-state index is 11.6. The summed E-state index contributed by atoms with van der Waals surface area (Å²) in [6.07, 6.45) is 2.96.